The Balaban J connectivity index is 1.70. The molecule has 25 heavy (non-hydrogen) atoms. The number of amides is 2. The van der Waals surface area contributed by atoms with E-state index in [4.69, 9.17) is 5.73 Å². The molecule has 1 heterocycles. The summed E-state index contributed by atoms with van der Waals surface area (Å²) < 4.78 is 0. The summed E-state index contributed by atoms with van der Waals surface area (Å²) >= 11 is 1.27. The highest BCUT2D eigenvalue weighted by atomic mass is 32.2. The predicted octanol–water partition coefficient (Wildman–Crippen LogP) is 1.52. The standard InChI is InChI=1S/C17H16N4O3S/c18-14(23)13-16(21-15(24)10-6-8-12(22)9-7-10)25-17(20-13)19-11-4-2-1-3-5-11/h1-9,16-17,19,22H,(H2,18,23)(H,21,24). The normalized spacial score (nSPS) is 19.1. The molecule has 2 amide bonds. The minimum absolute atomic E-state index is 0.0679. The highest BCUT2D eigenvalue weighted by Crippen LogP contribution is 2.28. The van der Waals surface area contributed by atoms with E-state index in [1.807, 2.05) is 30.3 Å². The molecule has 1 aliphatic heterocycles. The third-order valence-electron chi connectivity index (χ3n) is 3.48. The van der Waals surface area contributed by atoms with Crippen molar-refractivity contribution in [2.75, 3.05) is 5.32 Å². The molecule has 2 aromatic carbocycles. The van der Waals surface area contributed by atoms with Gasteiger partial charge in [-0.05, 0) is 36.4 Å². The molecule has 0 spiro atoms. The van der Waals surface area contributed by atoms with Crippen LogP contribution in [-0.4, -0.2) is 33.5 Å². The molecule has 0 saturated carbocycles. The Bertz CT molecular complexity index is 808. The summed E-state index contributed by atoms with van der Waals surface area (Å²) in [6, 6.07) is 15.2. The summed E-state index contributed by atoms with van der Waals surface area (Å²) in [7, 11) is 0. The molecule has 1 aliphatic rings. The monoisotopic (exact) mass is 356 g/mol. The van der Waals surface area contributed by atoms with Crippen LogP contribution in [0.15, 0.2) is 59.6 Å². The first-order valence-electron chi connectivity index (χ1n) is 7.47. The Morgan fingerprint density at radius 3 is 2.40 bits per heavy atom. The maximum atomic E-state index is 12.3. The SMILES string of the molecule is NC(=O)C1=NC(Nc2ccccc2)SC1NC(=O)c1ccc(O)cc1. The molecule has 2 atom stereocenters. The van der Waals surface area contributed by atoms with E-state index in [1.165, 1.54) is 36.0 Å². The van der Waals surface area contributed by atoms with Crippen LogP contribution < -0.4 is 16.4 Å². The number of carbonyl (C=O) groups excluding carboxylic acids is 2. The number of phenols is 1. The van der Waals surface area contributed by atoms with Gasteiger partial charge in [-0.2, -0.15) is 0 Å². The Morgan fingerprint density at radius 1 is 1.08 bits per heavy atom. The van der Waals surface area contributed by atoms with Crippen molar-refractivity contribution in [2.24, 2.45) is 10.7 Å². The van der Waals surface area contributed by atoms with Crippen LogP contribution in [0.2, 0.25) is 0 Å². The van der Waals surface area contributed by atoms with E-state index in [0.29, 0.717) is 5.56 Å². The number of aromatic hydroxyl groups is 1. The predicted molar refractivity (Wildman–Crippen MR) is 97.4 cm³/mol. The number of rotatable bonds is 5. The number of nitrogens with one attached hydrogen (secondary N) is 2. The molecule has 0 radical (unpaired) electrons. The lowest BCUT2D eigenvalue weighted by Gasteiger charge is -2.15. The van der Waals surface area contributed by atoms with Crippen LogP contribution in [0.1, 0.15) is 10.4 Å². The van der Waals surface area contributed by atoms with Crippen molar-refractivity contribution in [2.45, 2.75) is 10.9 Å². The van der Waals surface area contributed by atoms with E-state index in [1.54, 1.807) is 0 Å². The van der Waals surface area contributed by atoms with Crippen molar-refractivity contribution in [3.05, 3.63) is 60.2 Å². The Kier molecular flexibility index (Phi) is 4.90. The molecule has 3 rings (SSSR count). The lowest BCUT2D eigenvalue weighted by molar-refractivity contribution is -0.112. The van der Waals surface area contributed by atoms with Crippen LogP contribution in [0.3, 0.4) is 0 Å². The molecule has 0 aliphatic carbocycles. The summed E-state index contributed by atoms with van der Waals surface area (Å²) in [5.74, 6) is -0.994. The van der Waals surface area contributed by atoms with Gasteiger partial charge in [-0.1, -0.05) is 30.0 Å². The molecule has 0 saturated heterocycles. The number of aliphatic imine (C=N–C) groups is 1. The first-order chi connectivity index (χ1) is 12.0. The van der Waals surface area contributed by atoms with Crippen LogP contribution >= 0.6 is 11.8 Å². The lowest BCUT2D eigenvalue weighted by atomic mass is 10.2. The minimum Gasteiger partial charge on any atom is -0.508 e. The Labute approximate surface area is 148 Å². The Morgan fingerprint density at radius 2 is 1.76 bits per heavy atom. The van der Waals surface area contributed by atoms with Crippen molar-refractivity contribution >= 4 is 35.0 Å². The lowest BCUT2D eigenvalue weighted by Crippen LogP contribution is -2.42. The topological polar surface area (TPSA) is 117 Å². The van der Waals surface area contributed by atoms with Crippen molar-refractivity contribution < 1.29 is 14.7 Å². The largest absolute Gasteiger partial charge is 0.508 e. The van der Waals surface area contributed by atoms with Gasteiger partial charge in [0.05, 0.1) is 0 Å². The molecule has 0 bridgehead atoms. The van der Waals surface area contributed by atoms with Crippen molar-refractivity contribution in [3.63, 3.8) is 0 Å². The van der Waals surface area contributed by atoms with Crippen LogP contribution in [-0.2, 0) is 4.79 Å². The van der Waals surface area contributed by atoms with Gasteiger partial charge in [0.2, 0.25) is 0 Å². The number of anilines is 1. The van der Waals surface area contributed by atoms with Gasteiger partial charge in [0.25, 0.3) is 11.8 Å². The second-order valence-corrected chi connectivity index (χ2v) is 6.47. The van der Waals surface area contributed by atoms with Gasteiger partial charge in [-0.3, -0.25) is 9.59 Å². The smallest absolute Gasteiger partial charge is 0.265 e. The molecular formula is C17H16N4O3S. The number of benzene rings is 2. The maximum Gasteiger partial charge on any atom is 0.265 e. The number of carbonyl (C=O) groups is 2. The molecule has 2 unspecified atom stereocenters. The van der Waals surface area contributed by atoms with Gasteiger partial charge in [-0.25, -0.2) is 4.99 Å². The van der Waals surface area contributed by atoms with Gasteiger partial charge in [0, 0.05) is 11.3 Å². The van der Waals surface area contributed by atoms with Gasteiger partial charge in [0.15, 0.2) is 5.50 Å². The maximum absolute atomic E-state index is 12.3. The summed E-state index contributed by atoms with van der Waals surface area (Å²) in [5.41, 5.74) is 6.26. The first-order valence-corrected chi connectivity index (χ1v) is 8.41. The number of nitrogens with two attached hydrogens (primary N) is 1. The zero-order valence-electron chi connectivity index (χ0n) is 13.0. The second kappa shape index (κ2) is 7.27. The molecule has 5 N–H and O–H groups in total. The number of hydrogen-bond donors (Lipinski definition) is 4. The van der Waals surface area contributed by atoms with E-state index < -0.39 is 16.8 Å². The highest BCUT2D eigenvalue weighted by Gasteiger charge is 2.33. The van der Waals surface area contributed by atoms with Gasteiger partial charge in [-0.15, -0.1) is 0 Å². The first kappa shape index (κ1) is 16.8. The molecule has 0 aromatic heterocycles. The van der Waals surface area contributed by atoms with Crippen molar-refractivity contribution in [1.29, 1.82) is 0 Å². The van der Waals surface area contributed by atoms with Gasteiger partial charge < -0.3 is 21.5 Å². The van der Waals surface area contributed by atoms with E-state index in [0.717, 1.165) is 5.69 Å². The molecule has 8 heteroatoms. The molecule has 2 aromatic rings. The Hall–Kier alpha value is -3.00. The summed E-state index contributed by atoms with van der Waals surface area (Å²) in [5, 5.41) is 14.5. The van der Waals surface area contributed by atoms with Crippen LogP contribution in [0, 0.1) is 0 Å². The number of nitrogens with zero attached hydrogens (tertiary/aromatic N) is 1. The fourth-order valence-corrected chi connectivity index (χ4v) is 3.39. The van der Waals surface area contributed by atoms with Crippen molar-refractivity contribution in [1.82, 2.24) is 5.32 Å². The number of para-hydroxylation sites is 1. The third kappa shape index (κ3) is 4.10. The fourth-order valence-electron chi connectivity index (χ4n) is 2.27. The zero-order valence-corrected chi connectivity index (χ0v) is 13.9. The quantitative estimate of drug-likeness (QED) is 0.648. The second-order valence-electron chi connectivity index (χ2n) is 5.28. The molecular weight excluding hydrogens is 340 g/mol. The minimum atomic E-state index is -0.680. The number of hydrogen-bond acceptors (Lipinski definition) is 6. The summed E-state index contributed by atoms with van der Waals surface area (Å²) in [6.07, 6.45) is 0. The highest BCUT2D eigenvalue weighted by molar-refractivity contribution is 8.01. The average Bonchev–Trinajstić information content (AvgIpc) is 2.99. The van der Waals surface area contributed by atoms with E-state index in [-0.39, 0.29) is 17.4 Å². The van der Waals surface area contributed by atoms with Crippen LogP contribution in [0.4, 0.5) is 5.69 Å². The van der Waals surface area contributed by atoms with Gasteiger partial charge >= 0.3 is 0 Å². The van der Waals surface area contributed by atoms with Gasteiger partial charge in [0.1, 0.15) is 16.8 Å². The molecule has 0 fully saturated rings. The number of primary amides is 1. The number of phenolic OH excluding ortho intramolecular Hbond substituents is 1. The summed E-state index contributed by atoms with van der Waals surface area (Å²) in [4.78, 5) is 28.2. The van der Waals surface area contributed by atoms with E-state index in [9.17, 15) is 14.7 Å². The zero-order chi connectivity index (χ0) is 17.8. The molecule has 7 nitrogen and oxygen atoms in total. The average molecular weight is 356 g/mol. The van der Waals surface area contributed by atoms with E-state index in [2.05, 4.69) is 15.6 Å². The van der Waals surface area contributed by atoms with E-state index >= 15 is 0 Å². The number of thioether (sulfide) groups is 1. The molecule has 128 valence electrons. The third-order valence-corrected chi connectivity index (χ3v) is 4.57. The van der Waals surface area contributed by atoms with Crippen LogP contribution in [0.25, 0.3) is 0 Å². The summed E-state index contributed by atoms with van der Waals surface area (Å²) in [6.45, 7) is 0. The fraction of sp³-hybridized carbons (Fsp3) is 0.118. The van der Waals surface area contributed by atoms with Crippen molar-refractivity contribution in [3.8, 4) is 5.75 Å². The van der Waals surface area contributed by atoms with Crippen LogP contribution in [0.5, 0.6) is 5.75 Å².